The van der Waals surface area contributed by atoms with Crippen molar-refractivity contribution in [2.45, 2.75) is 13.5 Å². The largest absolute Gasteiger partial charge is 0.378 e. The lowest BCUT2D eigenvalue weighted by Gasteiger charge is -2.29. The minimum Gasteiger partial charge on any atom is -0.378 e. The van der Waals surface area contributed by atoms with Gasteiger partial charge in [-0.1, -0.05) is 18.2 Å². The molecule has 0 aliphatic carbocycles. The number of hydrogen-bond donors (Lipinski definition) is 2. The summed E-state index contributed by atoms with van der Waals surface area (Å²) in [4.78, 5) is 27.7. The molecule has 2 aromatic carbocycles. The van der Waals surface area contributed by atoms with Crippen molar-refractivity contribution in [2.24, 2.45) is 0 Å². The van der Waals surface area contributed by atoms with Crippen LogP contribution in [0.2, 0.25) is 0 Å². The van der Waals surface area contributed by atoms with Crippen molar-refractivity contribution in [1.82, 2.24) is 5.32 Å². The van der Waals surface area contributed by atoms with Crippen LogP contribution in [-0.2, 0) is 11.3 Å². The molecule has 7 heteroatoms. The number of hydrogen-bond acceptors (Lipinski definition) is 5. The quantitative estimate of drug-likeness (QED) is 0.612. The highest BCUT2D eigenvalue weighted by Crippen LogP contribution is 2.24. The predicted octanol–water partition coefficient (Wildman–Crippen LogP) is 4.08. The molecule has 3 aromatic rings. The molecule has 0 bridgehead atoms. The number of benzene rings is 2. The summed E-state index contributed by atoms with van der Waals surface area (Å²) in [7, 11) is 0. The van der Waals surface area contributed by atoms with Gasteiger partial charge in [0.2, 0.25) is 0 Å². The Kier molecular flexibility index (Phi) is 6.64. The van der Waals surface area contributed by atoms with Crippen molar-refractivity contribution < 1.29 is 14.3 Å². The zero-order valence-corrected chi connectivity index (χ0v) is 18.2. The van der Waals surface area contributed by atoms with Gasteiger partial charge in [0.15, 0.2) is 0 Å². The van der Waals surface area contributed by atoms with Crippen LogP contribution in [0.25, 0.3) is 0 Å². The number of nitrogens with zero attached hydrogens (tertiary/aromatic N) is 1. The second kappa shape index (κ2) is 9.76. The van der Waals surface area contributed by atoms with E-state index in [1.807, 2.05) is 42.6 Å². The van der Waals surface area contributed by atoms with E-state index in [-0.39, 0.29) is 11.8 Å². The molecule has 160 valence electrons. The minimum absolute atomic E-state index is 0.0900. The van der Waals surface area contributed by atoms with Crippen LogP contribution >= 0.6 is 11.3 Å². The molecular weight excluding hydrogens is 410 g/mol. The Labute approximate surface area is 185 Å². The van der Waals surface area contributed by atoms with Gasteiger partial charge < -0.3 is 20.3 Å². The number of rotatable bonds is 6. The van der Waals surface area contributed by atoms with E-state index in [1.165, 1.54) is 11.3 Å². The number of anilines is 2. The van der Waals surface area contributed by atoms with E-state index in [2.05, 4.69) is 21.6 Å². The maximum absolute atomic E-state index is 12.7. The number of amides is 2. The van der Waals surface area contributed by atoms with Crippen LogP contribution < -0.4 is 15.5 Å². The average molecular weight is 436 g/mol. The Morgan fingerprint density at radius 3 is 2.48 bits per heavy atom. The van der Waals surface area contributed by atoms with E-state index in [0.717, 1.165) is 48.8 Å². The third kappa shape index (κ3) is 5.31. The molecule has 1 aromatic heterocycles. The van der Waals surface area contributed by atoms with Crippen LogP contribution in [0, 0.1) is 6.92 Å². The number of morpholine rings is 1. The summed E-state index contributed by atoms with van der Waals surface area (Å²) >= 11 is 1.41. The van der Waals surface area contributed by atoms with Gasteiger partial charge in [-0.3, -0.25) is 9.59 Å². The van der Waals surface area contributed by atoms with Gasteiger partial charge in [-0.25, -0.2) is 0 Å². The van der Waals surface area contributed by atoms with Crippen LogP contribution in [0.5, 0.6) is 0 Å². The maximum Gasteiger partial charge on any atom is 0.261 e. The lowest BCUT2D eigenvalue weighted by molar-refractivity contribution is 0.0953. The maximum atomic E-state index is 12.7. The van der Waals surface area contributed by atoms with Gasteiger partial charge in [-0.05, 0) is 59.8 Å². The molecule has 0 saturated carbocycles. The van der Waals surface area contributed by atoms with E-state index in [4.69, 9.17) is 4.74 Å². The molecule has 6 nitrogen and oxygen atoms in total. The monoisotopic (exact) mass is 435 g/mol. The van der Waals surface area contributed by atoms with Crippen molar-refractivity contribution >= 4 is 34.5 Å². The van der Waals surface area contributed by atoms with Gasteiger partial charge in [0.05, 0.1) is 18.1 Å². The molecule has 0 spiro atoms. The summed E-state index contributed by atoms with van der Waals surface area (Å²) in [5, 5.41) is 7.76. The highest BCUT2D eigenvalue weighted by molar-refractivity contribution is 7.12. The molecule has 1 aliphatic heterocycles. The molecule has 2 heterocycles. The van der Waals surface area contributed by atoms with E-state index < -0.39 is 0 Å². The zero-order valence-electron chi connectivity index (χ0n) is 17.4. The highest BCUT2D eigenvalue weighted by atomic mass is 32.1. The second-order valence-corrected chi connectivity index (χ2v) is 8.36. The Balaban J connectivity index is 1.34. The van der Waals surface area contributed by atoms with Crippen LogP contribution in [0.15, 0.2) is 60.0 Å². The Bertz CT molecular complexity index is 1040. The van der Waals surface area contributed by atoms with Crippen molar-refractivity contribution in [2.75, 3.05) is 36.5 Å². The Morgan fingerprint density at radius 2 is 1.81 bits per heavy atom. The van der Waals surface area contributed by atoms with Gasteiger partial charge in [0.1, 0.15) is 0 Å². The van der Waals surface area contributed by atoms with Crippen molar-refractivity contribution in [3.63, 3.8) is 0 Å². The van der Waals surface area contributed by atoms with Crippen molar-refractivity contribution in [1.29, 1.82) is 0 Å². The first-order valence-electron chi connectivity index (χ1n) is 10.3. The molecular formula is C24H25N3O3S. The lowest BCUT2D eigenvalue weighted by atomic mass is 10.1. The molecule has 2 N–H and O–H groups in total. The number of ether oxygens (including phenoxy) is 1. The molecule has 1 saturated heterocycles. The van der Waals surface area contributed by atoms with Gasteiger partial charge in [-0.2, -0.15) is 0 Å². The van der Waals surface area contributed by atoms with Crippen LogP contribution in [0.1, 0.15) is 31.2 Å². The van der Waals surface area contributed by atoms with E-state index in [1.54, 1.807) is 18.2 Å². The first-order chi connectivity index (χ1) is 15.1. The fourth-order valence-corrected chi connectivity index (χ4v) is 4.09. The van der Waals surface area contributed by atoms with E-state index in [0.29, 0.717) is 17.0 Å². The lowest BCUT2D eigenvalue weighted by Crippen LogP contribution is -2.36. The topological polar surface area (TPSA) is 70.7 Å². The first-order valence-corrected chi connectivity index (χ1v) is 11.1. The van der Waals surface area contributed by atoms with Crippen molar-refractivity contribution in [3.05, 3.63) is 81.5 Å². The first kappa shape index (κ1) is 21.1. The molecule has 0 unspecified atom stereocenters. The molecule has 0 radical (unpaired) electrons. The standard InChI is InChI=1S/C24H25N3O3S/c1-17-15-20(27-10-12-30-13-11-27)8-9-21(17)26-23(28)19-6-4-18(5-7-19)16-25-24(29)22-3-2-14-31-22/h2-9,14-15H,10-13,16H2,1H3,(H,25,29)(H,26,28). The Morgan fingerprint density at radius 1 is 1.03 bits per heavy atom. The summed E-state index contributed by atoms with van der Waals surface area (Å²) in [6.45, 7) is 5.66. The Hall–Kier alpha value is -3.16. The second-order valence-electron chi connectivity index (χ2n) is 7.41. The zero-order chi connectivity index (χ0) is 21.6. The number of thiophene rings is 1. The van der Waals surface area contributed by atoms with Crippen molar-refractivity contribution in [3.8, 4) is 0 Å². The number of aryl methyl sites for hydroxylation is 1. The summed E-state index contributed by atoms with van der Waals surface area (Å²) in [5.41, 5.74) is 4.48. The average Bonchev–Trinajstić information content (AvgIpc) is 3.35. The normalized spacial score (nSPS) is 13.6. The predicted molar refractivity (Wildman–Crippen MR) is 124 cm³/mol. The van der Waals surface area contributed by atoms with Gasteiger partial charge in [0, 0.05) is 36.6 Å². The molecule has 1 aliphatic rings. The fourth-order valence-electron chi connectivity index (χ4n) is 3.45. The molecule has 2 amide bonds. The third-order valence-corrected chi connectivity index (χ3v) is 6.12. The summed E-state index contributed by atoms with van der Waals surface area (Å²) in [5.74, 6) is -0.246. The number of nitrogens with one attached hydrogen (secondary N) is 2. The van der Waals surface area contributed by atoms with Crippen LogP contribution in [-0.4, -0.2) is 38.1 Å². The van der Waals surface area contributed by atoms with Crippen LogP contribution in [0.3, 0.4) is 0 Å². The summed E-state index contributed by atoms with van der Waals surface area (Å²) < 4.78 is 5.41. The van der Waals surface area contributed by atoms with E-state index in [9.17, 15) is 9.59 Å². The summed E-state index contributed by atoms with van der Waals surface area (Å²) in [6, 6.07) is 17.0. The highest BCUT2D eigenvalue weighted by Gasteiger charge is 2.14. The summed E-state index contributed by atoms with van der Waals surface area (Å²) in [6.07, 6.45) is 0. The SMILES string of the molecule is Cc1cc(N2CCOCC2)ccc1NC(=O)c1ccc(CNC(=O)c2cccs2)cc1. The minimum atomic E-state index is -0.156. The number of carbonyl (C=O) groups is 2. The molecule has 4 rings (SSSR count). The molecule has 31 heavy (non-hydrogen) atoms. The fraction of sp³-hybridized carbons (Fsp3) is 0.250. The van der Waals surface area contributed by atoms with E-state index >= 15 is 0 Å². The van der Waals surface area contributed by atoms with Gasteiger partial charge >= 0.3 is 0 Å². The third-order valence-electron chi connectivity index (χ3n) is 5.25. The van der Waals surface area contributed by atoms with Crippen LogP contribution in [0.4, 0.5) is 11.4 Å². The van der Waals surface area contributed by atoms with Gasteiger partial charge in [0.25, 0.3) is 11.8 Å². The van der Waals surface area contributed by atoms with Gasteiger partial charge in [-0.15, -0.1) is 11.3 Å². The smallest absolute Gasteiger partial charge is 0.261 e. The molecule has 1 fully saturated rings. The number of carbonyl (C=O) groups excluding carboxylic acids is 2. The molecule has 0 atom stereocenters.